The molecular formula is C26H37N7OS. The zero-order valence-corrected chi connectivity index (χ0v) is 22.3. The first-order valence-corrected chi connectivity index (χ1v) is 13.3. The van der Waals surface area contributed by atoms with Crippen LogP contribution in [0.3, 0.4) is 0 Å². The number of anilines is 4. The van der Waals surface area contributed by atoms with Crippen LogP contribution in [0.1, 0.15) is 45.1 Å². The smallest absolute Gasteiger partial charge is 0.227 e. The molecule has 0 atom stereocenters. The molecule has 0 saturated carbocycles. The summed E-state index contributed by atoms with van der Waals surface area (Å²) in [6, 6.07) is 4.02. The Balaban J connectivity index is 0.00000141. The second-order valence-electron chi connectivity index (χ2n) is 9.61. The van der Waals surface area contributed by atoms with Gasteiger partial charge in [-0.2, -0.15) is 17.6 Å². The Kier molecular flexibility index (Phi) is 8.28. The Hall–Kier alpha value is -2.65. The molecule has 8 nitrogen and oxygen atoms in total. The van der Waals surface area contributed by atoms with Crippen LogP contribution in [-0.2, 0) is 4.74 Å². The first kappa shape index (κ1) is 25.4. The topological polar surface area (TPSA) is 79.3 Å². The zero-order valence-electron chi connectivity index (χ0n) is 21.4. The average molecular weight is 496 g/mol. The van der Waals surface area contributed by atoms with E-state index >= 15 is 0 Å². The summed E-state index contributed by atoms with van der Waals surface area (Å²) in [5, 5.41) is 5.71. The monoisotopic (exact) mass is 495 g/mol. The maximum Gasteiger partial charge on any atom is 0.227 e. The number of methoxy groups -OCH3 is 1. The van der Waals surface area contributed by atoms with E-state index in [2.05, 4.69) is 59.6 Å². The van der Waals surface area contributed by atoms with E-state index in [1.807, 2.05) is 18.5 Å². The first-order chi connectivity index (χ1) is 17.0. The van der Waals surface area contributed by atoms with Crippen LogP contribution in [0.25, 0.3) is 10.8 Å². The molecule has 0 unspecified atom stereocenters. The third-order valence-corrected chi connectivity index (χ3v) is 6.72. The van der Waals surface area contributed by atoms with Crippen LogP contribution < -0.4 is 15.1 Å². The van der Waals surface area contributed by atoms with Crippen molar-refractivity contribution in [3.63, 3.8) is 0 Å². The lowest BCUT2D eigenvalue weighted by atomic mass is 9.97. The van der Waals surface area contributed by atoms with Gasteiger partial charge in [-0.3, -0.25) is 0 Å². The second-order valence-corrected chi connectivity index (χ2v) is 9.61. The number of pyridine rings is 2. The molecule has 5 heterocycles. The number of fused-ring (bicyclic) bond motifs is 1. The molecule has 0 radical (unpaired) electrons. The number of aromatic nitrogens is 4. The van der Waals surface area contributed by atoms with Crippen LogP contribution in [0, 0.1) is 5.92 Å². The zero-order chi connectivity index (χ0) is 24.9. The van der Waals surface area contributed by atoms with Gasteiger partial charge in [0.25, 0.3) is 0 Å². The number of nitrogens with one attached hydrogen (secondary N) is 1. The Bertz CT molecular complexity index is 1130. The second kappa shape index (κ2) is 11.4. The van der Waals surface area contributed by atoms with Crippen LogP contribution >= 0.6 is 12.6 Å². The highest BCUT2D eigenvalue weighted by Crippen LogP contribution is 2.35. The molecule has 1 N–H and O–H groups in total. The minimum absolute atomic E-state index is 0.332. The van der Waals surface area contributed by atoms with E-state index in [1.165, 1.54) is 10.9 Å². The van der Waals surface area contributed by atoms with Gasteiger partial charge in [0.1, 0.15) is 17.5 Å². The summed E-state index contributed by atoms with van der Waals surface area (Å²) in [5.74, 6) is 4.40. The summed E-state index contributed by atoms with van der Waals surface area (Å²) in [7, 11) is 1.78. The number of ether oxygens (including phenoxy) is 1. The molecule has 3 aromatic heterocycles. The van der Waals surface area contributed by atoms with Crippen molar-refractivity contribution in [2.45, 2.75) is 45.6 Å². The quantitative estimate of drug-likeness (QED) is 0.467. The Morgan fingerprint density at radius 2 is 1.74 bits per heavy atom. The van der Waals surface area contributed by atoms with Crippen molar-refractivity contribution in [2.75, 3.05) is 54.7 Å². The van der Waals surface area contributed by atoms with E-state index in [0.29, 0.717) is 17.9 Å². The van der Waals surface area contributed by atoms with Gasteiger partial charge in [0.2, 0.25) is 5.95 Å². The Morgan fingerprint density at radius 1 is 1.00 bits per heavy atom. The molecular weight excluding hydrogens is 458 g/mol. The minimum Gasteiger partial charge on any atom is -0.381 e. The van der Waals surface area contributed by atoms with Crippen molar-refractivity contribution >= 4 is 46.8 Å². The highest BCUT2D eigenvalue weighted by Gasteiger charge is 2.26. The van der Waals surface area contributed by atoms with Crippen molar-refractivity contribution in [2.24, 2.45) is 5.92 Å². The predicted octanol–water partition coefficient (Wildman–Crippen LogP) is 4.90. The van der Waals surface area contributed by atoms with E-state index in [9.17, 15) is 0 Å². The summed E-state index contributed by atoms with van der Waals surface area (Å²) >= 11 is 3.53. The van der Waals surface area contributed by atoms with Gasteiger partial charge in [-0.05, 0) is 54.0 Å². The lowest BCUT2D eigenvalue weighted by molar-refractivity contribution is 0.0816. The third kappa shape index (κ3) is 5.62. The molecule has 0 bridgehead atoms. The molecule has 0 spiro atoms. The fourth-order valence-electron chi connectivity index (χ4n) is 4.79. The van der Waals surface area contributed by atoms with Gasteiger partial charge in [0.05, 0.1) is 6.10 Å². The number of hydrogen-bond donors (Lipinski definition) is 2. The maximum absolute atomic E-state index is 5.48. The van der Waals surface area contributed by atoms with Crippen molar-refractivity contribution in [1.29, 1.82) is 0 Å². The molecule has 3 aromatic rings. The Labute approximate surface area is 213 Å². The highest BCUT2D eigenvalue weighted by molar-refractivity contribution is 7.79. The molecule has 2 aliphatic rings. The summed E-state index contributed by atoms with van der Waals surface area (Å²) < 4.78 is 5.48. The maximum atomic E-state index is 5.48. The molecule has 2 saturated heterocycles. The number of nitrogens with zero attached hydrogens (tertiary/aromatic N) is 6. The molecule has 0 amide bonds. The highest BCUT2D eigenvalue weighted by atomic mass is 32.1. The van der Waals surface area contributed by atoms with Crippen LogP contribution in [-0.4, -0.2) is 65.6 Å². The lowest BCUT2D eigenvalue weighted by Crippen LogP contribution is -2.45. The molecule has 188 valence electrons. The van der Waals surface area contributed by atoms with Gasteiger partial charge in [0, 0.05) is 57.3 Å². The van der Waals surface area contributed by atoms with Crippen LogP contribution in [0.2, 0.25) is 0 Å². The number of thiol groups is 1. The molecule has 0 aliphatic carbocycles. The van der Waals surface area contributed by atoms with Crippen molar-refractivity contribution in [3.05, 3.63) is 36.3 Å². The van der Waals surface area contributed by atoms with Gasteiger partial charge in [-0.15, -0.1) is 0 Å². The number of hydrogen-bond acceptors (Lipinski definition) is 9. The van der Waals surface area contributed by atoms with E-state index in [-0.39, 0.29) is 0 Å². The standard InChI is InChI=1S/C25H33N7O.CH4S/c1-16(2)20-12-28-24(32-14-17(3)15-32)21-13-27-23(11-19(20)21)29-22-5-8-26-25(30-22)31-9-6-18(33-4)7-10-31;1-2/h5,8,11-13,16-18H,6-7,9-10,14-15H2,1-4H3,(H,26,27,29,30);2H,1H3. The molecule has 2 fully saturated rings. The molecule has 9 heteroatoms. The van der Waals surface area contributed by atoms with E-state index in [4.69, 9.17) is 19.7 Å². The minimum atomic E-state index is 0.332. The van der Waals surface area contributed by atoms with E-state index < -0.39 is 0 Å². The average Bonchev–Trinajstić information content (AvgIpc) is 2.87. The van der Waals surface area contributed by atoms with Gasteiger partial charge in [-0.1, -0.05) is 20.8 Å². The third-order valence-electron chi connectivity index (χ3n) is 6.72. The van der Waals surface area contributed by atoms with Crippen molar-refractivity contribution in [1.82, 2.24) is 19.9 Å². The van der Waals surface area contributed by atoms with E-state index in [0.717, 1.165) is 67.8 Å². The summed E-state index contributed by atoms with van der Waals surface area (Å²) in [6.45, 7) is 10.6. The summed E-state index contributed by atoms with van der Waals surface area (Å²) in [4.78, 5) is 23.3. The molecule has 35 heavy (non-hydrogen) atoms. The predicted molar refractivity (Wildman–Crippen MR) is 147 cm³/mol. The number of piperidine rings is 1. The molecule has 0 aromatic carbocycles. The fourth-order valence-corrected chi connectivity index (χ4v) is 4.79. The largest absolute Gasteiger partial charge is 0.381 e. The van der Waals surface area contributed by atoms with Crippen LogP contribution in [0.15, 0.2) is 30.7 Å². The summed E-state index contributed by atoms with van der Waals surface area (Å²) in [5.41, 5.74) is 1.23. The van der Waals surface area contributed by atoms with Crippen molar-refractivity contribution < 1.29 is 4.74 Å². The fraction of sp³-hybridized carbons (Fsp3) is 0.538. The van der Waals surface area contributed by atoms with Gasteiger partial charge in [0.15, 0.2) is 0 Å². The van der Waals surface area contributed by atoms with Crippen LogP contribution in [0.4, 0.5) is 23.4 Å². The molecule has 2 aliphatic heterocycles. The molecule has 5 rings (SSSR count). The Morgan fingerprint density at radius 3 is 2.40 bits per heavy atom. The van der Waals surface area contributed by atoms with Gasteiger partial charge in [-0.25, -0.2) is 15.0 Å². The number of rotatable bonds is 6. The van der Waals surface area contributed by atoms with E-state index in [1.54, 1.807) is 19.6 Å². The van der Waals surface area contributed by atoms with Gasteiger partial charge < -0.3 is 19.9 Å². The first-order valence-electron chi connectivity index (χ1n) is 12.4. The normalized spacial score (nSPS) is 16.8. The van der Waals surface area contributed by atoms with Crippen LogP contribution in [0.5, 0.6) is 0 Å². The van der Waals surface area contributed by atoms with Crippen molar-refractivity contribution in [3.8, 4) is 0 Å². The summed E-state index contributed by atoms with van der Waals surface area (Å²) in [6.07, 6.45) is 9.80. The van der Waals surface area contributed by atoms with Gasteiger partial charge >= 0.3 is 0 Å². The SMILES string of the molecule is COC1CCN(c2nccc(Nc3cc4c(C(C)C)cnc(N5CC(C)C5)c4cn3)n2)CC1.CS. The lowest BCUT2D eigenvalue weighted by Gasteiger charge is -2.38.